The molecule has 18 nitrogen and oxygen atoms in total. The molecule has 5 amide bonds. The van der Waals surface area contributed by atoms with E-state index in [4.69, 9.17) is 43.4 Å². The molecule has 0 saturated carbocycles. The highest BCUT2D eigenvalue weighted by Gasteiger charge is 2.41. The topological polar surface area (TPSA) is 226 Å². The first-order valence-corrected chi connectivity index (χ1v) is 28.0. The number of imide groups is 2. The van der Waals surface area contributed by atoms with Gasteiger partial charge in [-0.3, -0.25) is 14.4 Å². The maximum Gasteiger partial charge on any atom is 0.417 e. The summed E-state index contributed by atoms with van der Waals surface area (Å²) in [6.07, 6.45) is 0.659. The second-order valence-electron chi connectivity index (χ2n) is 20.1. The Kier molecular flexibility index (Phi) is 35.5. The van der Waals surface area contributed by atoms with Crippen LogP contribution < -0.4 is 24.3 Å². The van der Waals surface area contributed by atoms with Crippen LogP contribution in [-0.2, 0) is 60.7 Å². The summed E-state index contributed by atoms with van der Waals surface area (Å²) in [5.41, 5.74) is 6.62. The number of aliphatic hydroxyl groups excluding tert-OH is 1. The number of carbonyl (C=O) groups is 6. The zero-order valence-electron chi connectivity index (χ0n) is 51.2. The molecular formula is C68H83N3O15S4. The van der Waals surface area contributed by atoms with E-state index in [0.717, 1.165) is 40.0 Å². The van der Waals surface area contributed by atoms with Crippen LogP contribution in [0.15, 0.2) is 188 Å². The number of nitrogens with one attached hydrogen (secondary N) is 1. The molecule has 3 N–H and O–H groups in total. The Morgan fingerprint density at radius 1 is 0.489 bits per heavy atom. The van der Waals surface area contributed by atoms with Gasteiger partial charge < -0.3 is 48.7 Å². The smallest absolute Gasteiger partial charge is 0.417 e. The third-order valence-corrected chi connectivity index (χ3v) is 14.1. The molecule has 90 heavy (non-hydrogen) atoms. The minimum Gasteiger partial charge on any atom is -0.496 e. The Hall–Kier alpha value is -8.28. The molecule has 0 bridgehead atoms. The summed E-state index contributed by atoms with van der Waals surface area (Å²) in [6, 6.07) is 58.7. The van der Waals surface area contributed by atoms with Crippen molar-refractivity contribution in [1.82, 2.24) is 15.1 Å². The highest BCUT2D eigenvalue weighted by atomic mass is 32.1. The van der Waals surface area contributed by atoms with Gasteiger partial charge in [-0.25, -0.2) is 24.2 Å². The molecule has 3 aliphatic heterocycles. The summed E-state index contributed by atoms with van der Waals surface area (Å²) >= 11 is 0. The Balaban J connectivity index is 0.000000394. The zero-order valence-corrected chi connectivity index (χ0v) is 55.2. The molecule has 0 radical (unpaired) electrons. The van der Waals surface area contributed by atoms with Gasteiger partial charge in [-0.1, -0.05) is 171 Å². The highest BCUT2D eigenvalue weighted by Crippen LogP contribution is 2.31. The first-order valence-electron chi connectivity index (χ1n) is 28.0. The lowest BCUT2D eigenvalue weighted by Gasteiger charge is -2.24. The number of methoxy groups -OCH3 is 4. The number of aliphatic carboxylic acids is 1. The number of hydrogen-bond donors (Lipinski definition) is 3. The van der Waals surface area contributed by atoms with E-state index in [1.54, 1.807) is 52.5 Å². The Labute approximate surface area is 554 Å². The molecular weight excluding hydrogens is 1230 g/mol. The molecule has 484 valence electrons. The fourth-order valence-electron chi connectivity index (χ4n) is 9.65. The third kappa shape index (κ3) is 23.6. The summed E-state index contributed by atoms with van der Waals surface area (Å²) in [5.74, 6) is 0.990. The lowest BCUT2D eigenvalue weighted by Crippen LogP contribution is -2.42. The number of carbonyl (C=O) groups excluding carboxylic acids is 5. The van der Waals surface area contributed by atoms with Crippen molar-refractivity contribution in [3.63, 3.8) is 0 Å². The maximum atomic E-state index is 13.0. The molecule has 0 unspecified atom stereocenters. The van der Waals surface area contributed by atoms with Crippen LogP contribution in [-0.4, -0.2) is 129 Å². The number of alkyl carbamates (subject to hydrolysis) is 1. The Bertz CT molecular complexity index is 3300. The minimum absolute atomic E-state index is 0. The van der Waals surface area contributed by atoms with Crippen molar-refractivity contribution in [2.75, 3.05) is 54.9 Å². The van der Waals surface area contributed by atoms with E-state index in [9.17, 15) is 28.8 Å². The molecule has 0 spiro atoms. The van der Waals surface area contributed by atoms with Gasteiger partial charge in [-0.2, -0.15) is 54.0 Å². The molecule has 7 aromatic rings. The van der Waals surface area contributed by atoms with Gasteiger partial charge in [0.05, 0.1) is 65.3 Å². The molecule has 3 saturated heterocycles. The summed E-state index contributed by atoms with van der Waals surface area (Å²) in [6.45, 7) is 4.83. The number of benzene rings is 7. The van der Waals surface area contributed by atoms with Crippen LogP contribution in [0.4, 0.5) is 14.4 Å². The normalized spacial score (nSPS) is 15.4. The lowest BCUT2D eigenvalue weighted by molar-refractivity contribution is -0.136. The molecule has 0 aliphatic carbocycles. The molecule has 22 heteroatoms. The molecule has 0 aromatic heterocycles. The number of aliphatic hydroxyl groups is 1. The van der Waals surface area contributed by atoms with Crippen LogP contribution in [0.25, 0.3) is 0 Å². The van der Waals surface area contributed by atoms with Crippen LogP contribution in [0.2, 0.25) is 0 Å². The number of nitrogens with zero attached hydrogens (tertiary/aromatic N) is 2. The van der Waals surface area contributed by atoms with E-state index < -0.39 is 24.1 Å². The number of cyclic esters (lactones) is 3. The lowest BCUT2D eigenvalue weighted by atomic mass is 9.97. The van der Waals surface area contributed by atoms with Crippen molar-refractivity contribution < 1.29 is 72.1 Å². The SMILES string of the molecule is COc1ccccc1CC(=O)N1C(=O)OC[C@@H]1Cc1ccccc1.COc1ccccc1CC(=O)O.COc1ccccc1[C@H](C)C(=O)N1C(=O)OC[C@@H]1Cc1ccccc1.COc1ccccc1[C@H](C)CO.O=C1N[C@@H](Cc2ccccc2)CO1.S.S.S.S. The van der Waals surface area contributed by atoms with Crippen LogP contribution in [0.5, 0.6) is 23.0 Å². The number of para-hydroxylation sites is 4. The predicted molar refractivity (Wildman–Crippen MR) is 365 cm³/mol. The average molecular weight is 1310 g/mol. The molecule has 7 aromatic carbocycles. The number of carboxylic acid groups (broad SMARTS) is 1. The van der Waals surface area contributed by atoms with Crippen LogP contribution in [0.3, 0.4) is 0 Å². The number of hydrogen-bond acceptors (Lipinski definition) is 14. The van der Waals surface area contributed by atoms with Crippen molar-refractivity contribution in [3.05, 3.63) is 227 Å². The summed E-state index contributed by atoms with van der Waals surface area (Å²) in [7, 11) is 6.30. The van der Waals surface area contributed by atoms with Gasteiger partial charge in [0.15, 0.2) is 0 Å². The van der Waals surface area contributed by atoms with Gasteiger partial charge in [0.25, 0.3) is 0 Å². The quantitative estimate of drug-likeness (QED) is 0.0679. The minimum atomic E-state index is -0.848. The van der Waals surface area contributed by atoms with Crippen LogP contribution in [0, 0.1) is 0 Å². The van der Waals surface area contributed by atoms with E-state index in [1.807, 2.05) is 171 Å². The first-order chi connectivity index (χ1) is 41.7. The average Bonchev–Trinajstić information content (AvgIpc) is 1.78. The van der Waals surface area contributed by atoms with Gasteiger partial charge in [0, 0.05) is 29.2 Å². The number of amides is 5. The Morgan fingerprint density at radius 3 is 1.30 bits per heavy atom. The highest BCUT2D eigenvalue weighted by molar-refractivity contribution is 7.59. The zero-order chi connectivity index (χ0) is 61.8. The van der Waals surface area contributed by atoms with E-state index in [-0.39, 0.29) is 129 Å². The van der Waals surface area contributed by atoms with Crippen LogP contribution in [0.1, 0.15) is 64.6 Å². The fourth-order valence-corrected chi connectivity index (χ4v) is 9.65. The van der Waals surface area contributed by atoms with Gasteiger partial charge in [0.2, 0.25) is 11.8 Å². The van der Waals surface area contributed by atoms with Gasteiger partial charge in [-0.05, 0) is 72.7 Å². The van der Waals surface area contributed by atoms with Crippen molar-refractivity contribution in [2.45, 2.75) is 75.9 Å². The first kappa shape index (κ1) is 77.8. The van der Waals surface area contributed by atoms with Crippen LogP contribution >= 0.6 is 54.0 Å². The molecule has 3 fully saturated rings. The fraction of sp³-hybridized carbons (Fsp3) is 0.294. The molecule has 5 atom stereocenters. The van der Waals surface area contributed by atoms with Gasteiger partial charge in [-0.15, -0.1) is 0 Å². The second-order valence-corrected chi connectivity index (χ2v) is 20.1. The number of rotatable bonds is 18. The van der Waals surface area contributed by atoms with E-state index >= 15 is 0 Å². The van der Waals surface area contributed by atoms with E-state index in [1.165, 1.54) is 22.5 Å². The number of ether oxygens (including phenoxy) is 7. The van der Waals surface area contributed by atoms with Crippen molar-refractivity contribution in [1.29, 1.82) is 0 Å². The van der Waals surface area contributed by atoms with Crippen molar-refractivity contribution in [2.24, 2.45) is 0 Å². The summed E-state index contributed by atoms with van der Waals surface area (Å²) in [5, 5.41) is 20.2. The standard InChI is InChI=1S/C20H21NO4.C19H19NO4.C10H11NO2.C10H14O2.C9H10O3.4H2S/c1-14(17-10-6-7-11-18(17)24-2)19(22)21-16(13-25-20(21)23)12-15-8-4-3-5-9-15;1-23-17-10-6-5-9-15(17)12-18(21)20-16(13-24-19(20)22)11-14-7-3-2-4-8-14;12-10-11-9(7-13-10)6-8-4-2-1-3-5-8;1-8(7-11)9-5-3-4-6-10(9)12-2;1-12-8-5-3-2-4-7(8)6-9(10)11;;;;/h3-11,14,16H,12-13H2,1-2H3;2-10,16H,11-13H2,1H3;1-5,9H,6-7H2,(H,11,12);3-6,8,11H,7H2,1-2H3;2-5H,6H2,1H3,(H,10,11);4*1H2/t14-,16-;16-;9-;8-;;;;;/m0001...../s1. The van der Waals surface area contributed by atoms with Gasteiger partial charge >= 0.3 is 24.2 Å². The third-order valence-electron chi connectivity index (χ3n) is 14.1. The van der Waals surface area contributed by atoms with Crippen molar-refractivity contribution in [3.8, 4) is 23.0 Å². The largest absolute Gasteiger partial charge is 0.496 e. The van der Waals surface area contributed by atoms with E-state index in [2.05, 4.69) is 5.32 Å². The van der Waals surface area contributed by atoms with Crippen molar-refractivity contribution >= 4 is 90.0 Å². The summed E-state index contributed by atoms with van der Waals surface area (Å²) in [4.78, 5) is 73.4. The van der Waals surface area contributed by atoms with E-state index in [0.29, 0.717) is 42.3 Å². The second kappa shape index (κ2) is 41.1. The molecule has 10 rings (SSSR count). The van der Waals surface area contributed by atoms with Gasteiger partial charge in [0.1, 0.15) is 42.8 Å². The predicted octanol–water partition coefficient (Wildman–Crippen LogP) is 11.1. The number of carboxylic acids is 1. The Morgan fingerprint density at radius 2 is 0.867 bits per heavy atom. The molecule has 3 heterocycles. The monoisotopic (exact) mass is 1310 g/mol. The molecule has 3 aliphatic rings. The summed E-state index contributed by atoms with van der Waals surface area (Å²) < 4.78 is 35.8. The maximum absolute atomic E-state index is 13.0.